The molecule has 0 spiro atoms. The monoisotopic (exact) mass is 754 g/mol. The fourth-order valence-electron chi connectivity index (χ4n) is 7.55. The average molecular weight is 755 g/mol. The van der Waals surface area contributed by atoms with Crippen molar-refractivity contribution in [2.45, 2.75) is 52.2 Å². The number of benzene rings is 4. The topological polar surface area (TPSA) is 70.6 Å². The molecular formula is C47H58N6O3. The molecule has 9 nitrogen and oxygen atoms in total. The Labute approximate surface area is 333 Å². The van der Waals surface area contributed by atoms with Crippen LogP contribution in [-0.2, 0) is 33.9 Å². The molecule has 0 aromatic heterocycles. The van der Waals surface area contributed by atoms with Crippen LogP contribution in [0, 0.1) is 0 Å². The molecule has 2 aliphatic heterocycles. The average Bonchev–Trinajstić information content (AvgIpc) is 3.22. The van der Waals surface area contributed by atoms with E-state index in [0.29, 0.717) is 45.1 Å². The summed E-state index contributed by atoms with van der Waals surface area (Å²) < 4.78 is 0. The van der Waals surface area contributed by atoms with Crippen LogP contribution in [0.5, 0.6) is 0 Å². The lowest BCUT2D eigenvalue weighted by atomic mass is 10.0. The van der Waals surface area contributed by atoms with Gasteiger partial charge in [-0.15, -0.1) is 0 Å². The first kappa shape index (κ1) is 40.3. The molecule has 6 rings (SSSR count). The molecule has 0 saturated carbocycles. The van der Waals surface area contributed by atoms with E-state index in [0.717, 1.165) is 55.1 Å². The molecule has 56 heavy (non-hydrogen) atoms. The van der Waals surface area contributed by atoms with Crippen LogP contribution >= 0.6 is 0 Å². The summed E-state index contributed by atoms with van der Waals surface area (Å²) in [4.78, 5) is 53.5. The summed E-state index contributed by atoms with van der Waals surface area (Å²) in [6.45, 7) is 12.8. The van der Waals surface area contributed by atoms with Crippen LogP contribution in [0.25, 0.3) is 6.08 Å². The minimum atomic E-state index is -0.692. The maximum Gasteiger partial charge on any atom is 0.247 e. The maximum atomic E-state index is 14.8. The van der Waals surface area contributed by atoms with Crippen molar-refractivity contribution in [1.82, 2.24) is 19.6 Å². The molecule has 9 heteroatoms. The minimum Gasteiger partial charge on any atom is -0.378 e. The molecule has 1 atom stereocenters. The third-order valence-electron chi connectivity index (χ3n) is 11.2. The smallest absolute Gasteiger partial charge is 0.247 e. The van der Waals surface area contributed by atoms with Gasteiger partial charge in [0, 0.05) is 110 Å². The molecule has 0 bridgehead atoms. The maximum absolute atomic E-state index is 14.8. The first-order valence-electron chi connectivity index (χ1n) is 20.0. The second-order valence-electron chi connectivity index (χ2n) is 15.6. The predicted octanol–water partition coefficient (Wildman–Crippen LogP) is 6.54. The standard InChI is InChI=1S/C47H58N6O3/c1-36(2)42-18-11-38(12-19-42)17-24-46(55)53(35-41-15-22-44(23-16-41)51-31-29-50(30-32-51)37(3)54)45(33-39-9-7-6-8-10-39)47(56)52-27-25-49(26-28-52)34-40-13-20-43(21-14-40)48(4)5/h6-24,36,45H,25-35H2,1-5H3. The van der Waals surface area contributed by atoms with Gasteiger partial charge in [-0.3, -0.25) is 19.3 Å². The van der Waals surface area contributed by atoms with Crippen molar-refractivity contribution in [3.63, 3.8) is 0 Å². The second kappa shape index (κ2) is 19.0. The number of rotatable bonds is 13. The number of hydrogen-bond acceptors (Lipinski definition) is 6. The summed E-state index contributed by atoms with van der Waals surface area (Å²) in [5.74, 6) is 0.310. The van der Waals surface area contributed by atoms with Gasteiger partial charge >= 0.3 is 0 Å². The van der Waals surface area contributed by atoms with Crippen molar-refractivity contribution < 1.29 is 14.4 Å². The molecule has 4 aromatic rings. The first-order chi connectivity index (χ1) is 27.0. The van der Waals surface area contributed by atoms with E-state index in [1.54, 1.807) is 17.9 Å². The Kier molecular flexibility index (Phi) is 13.6. The van der Waals surface area contributed by atoms with Crippen LogP contribution in [0.3, 0.4) is 0 Å². The Morgan fingerprint density at radius 1 is 0.679 bits per heavy atom. The minimum absolute atomic E-state index is 0.0214. The molecule has 4 aromatic carbocycles. The molecule has 0 radical (unpaired) electrons. The van der Waals surface area contributed by atoms with Crippen molar-refractivity contribution in [2.24, 2.45) is 0 Å². The van der Waals surface area contributed by atoms with Gasteiger partial charge in [0.2, 0.25) is 17.7 Å². The Bertz CT molecular complexity index is 1910. The molecule has 0 aliphatic carbocycles. The summed E-state index contributed by atoms with van der Waals surface area (Å²) in [5.41, 5.74) is 7.66. The van der Waals surface area contributed by atoms with E-state index in [1.807, 2.05) is 72.4 Å². The fraction of sp³-hybridized carbons (Fsp3) is 0.383. The zero-order valence-corrected chi connectivity index (χ0v) is 33.8. The highest BCUT2D eigenvalue weighted by Gasteiger charge is 2.34. The van der Waals surface area contributed by atoms with Gasteiger partial charge in [-0.25, -0.2) is 0 Å². The van der Waals surface area contributed by atoms with E-state index in [-0.39, 0.29) is 17.7 Å². The van der Waals surface area contributed by atoms with Crippen LogP contribution < -0.4 is 9.80 Å². The number of carbonyl (C=O) groups is 3. The molecule has 2 fully saturated rings. The summed E-state index contributed by atoms with van der Waals surface area (Å²) in [6.07, 6.45) is 3.90. The number of piperazine rings is 2. The molecular weight excluding hydrogens is 697 g/mol. The zero-order valence-electron chi connectivity index (χ0n) is 33.8. The Morgan fingerprint density at radius 3 is 1.88 bits per heavy atom. The van der Waals surface area contributed by atoms with E-state index in [4.69, 9.17) is 0 Å². The van der Waals surface area contributed by atoms with E-state index < -0.39 is 6.04 Å². The van der Waals surface area contributed by atoms with Crippen molar-refractivity contribution in [3.05, 3.63) is 137 Å². The van der Waals surface area contributed by atoms with Gasteiger partial charge in [0.1, 0.15) is 6.04 Å². The highest BCUT2D eigenvalue weighted by Crippen LogP contribution is 2.23. The Hall–Kier alpha value is -5.41. The first-order valence-corrected chi connectivity index (χ1v) is 20.0. The van der Waals surface area contributed by atoms with Gasteiger partial charge < -0.3 is 24.5 Å². The van der Waals surface area contributed by atoms with Crippen LogP contribution in [0.4, 0.5) is 11.4 Å². The van der Waals surface area contributed by atoms with Gasteiger partial charge in [0.15, 0.2) is 0 Å². The fourth-order valence-corrected chi connectivity index (χ4v) is 7.55. The second-order valence-corrected chi connectivity index (χ2v) is 15.6. The van der Waals surface area contributed by atoms with Gasteiger partial charge in [-0.05, 0) is 64.1 Å². The van der Waals surface area contributed by atoms with Crippen molar-refractivity contribution >= 4 is 35.2 Å². The lowest BCUT2D eigenvalue weighted by Gasteiger charge is -2.39. The third-order valence-corrected chi connectivity index (χ3v) is 11.2. The van der Waals surface area contributed by atoms with Crippen LogP contribution in [0.1, 0.15) is 54.5 Å². The van der Waals surface area contributed by atoms with Gasteiger partial charge in [-0.1, -0.05) is 92.7 Å². The number of amides is 3. The highest BCUT2D eigenvalue weighted by atomic mass is 16.2. The Morgan fingerprint density at radius 2 is 1.29 bits per heavy atom. The van der Waals surface area contributed by atoms with E-state index in [9.17, 15) is 14.4 Å². The van der Waals surface area contributed by atoms with Crippen LogP contribution in [-0.4, -0.2) is 110 Å². The van der Waals surface area contributed by atoms with Crippen LogP contribution in [0.2, 0.25) is 0 Å². The number of nitrogens with zero attached hydrogens (tertiary/aromatic N) is 6. The molecule has 294 valence electrons. The number of hydrogen-bond donors (Lipinski definition) is 0. The van der Waals surface area contributed by atoms with E-state index in [2.05, 4.69) is 89.2 Å². The summed E-state index contributed by atoms with van der Waals surface area (Å²) in [5, 5.41) is 0. The van der Waals surface area contributed by atoms with Crippen molar-refractivity contribution in [2.75, 3.05) is 76.3 Å². The summed E-state index contributed by atoms with van der Waals surface area (Å²) >= 11 is 0. The van der Waals surface area contributed by atoms with Gasteiger partial charge in [0.05, 0.1) is 0 Å². The molecule has 2 aliphatic rings. The third kappa shape index (κ3) is 10.7. The largest absolute Gasteiger partial charge is 0.378 e. The highest BCUT2D eigenvalue weighted by molar-refractivity contribution is 5.96. The Balaban J connectivity index is 1.23. The van der Waals surface area contributed by atoms with E-state index in [1.165, 1.54) is 16.8 Å². The van der Waals surface area contributed by atoms with Gasteiger partial charge in [-0.2, -0.15) is 0 Å². The quantitative estimate of drug-likeness (QED) is 0.145. The molecule has 2 heterocycles. The van der Waals surface area contributed by atoms with Crippen LogP contribution in [0.15, 0.2) is 109 Å². The summed E-state index contributed by atoms with van der Waals surface area (Å²) in [7, 11) is 4.09. The zero-order chi connectivity index (χ0) is 39.6. The molecule has 3 amide bonds. The lowest BCUT2D eigenvalue weighted by molar-refractivity contribution is -0.145. The van der Waals surface area contributed by atoms with Crippen molar-refractivity contribution in [1.29, 1.82) is 0 Å². The summed E-state index contributed by atoms with van der Waals surface area (Å²) in [6, 6.07) is 34.6. The SMILES string of the molecule is CC(=O)N1CCN(c2ccc(CN(C(=O)C=Cc3ccc(C(C)C)cc3)C(Cc3ccccc3)C(=O)N3CCN(Cc4ccc(N(C)C)cc4)CC3)cc2)CC1. The van der Waals surface area contributed by atoms with E-state index >= 15 is 0 Å². The van der Waals surface area contributed by atoms with Crippen molar-refractivity contribution in [3.8, 4) is 0 Å². The number of anilines is 2. The van der Waals surface area contributed by atoms with Gasteiger partial charge in [0.25, 0.3) is 0 Å². The lowest BCUT2D eigenvalue weighted by Crippen LogP contribution is -2.56. The number of carbonyl (C=O) groups excluding carboxylic acids is 3. The molecule has 0 N–H and O–H groups in total. The normalized spacial score (nSPS) is 15.6. The molecule has 1 unspecified atom stereocenters. The molecule has 2 saturated heterocycles. The predicted molar refractivity (Wildman–Crippen MR) is 228 cm³/mol.